The smallest absolute Gasteiger partial charge is 0.134 e. The van der Waals surface area contributed by atoms with Gasteiger partial charge < -0.3 is 9.15 Å². The minimum absolute atomic E-state index is 0.215. The highest BCUT2D eigenvalue weighted by atomic mass is 16.5. The zero-order valence-electron chi connectivity index (χ0n) is 12.1. The summed E-state index contributed by atoms with van der Waals surface area (Å²) in [5.74, 6) is 7.30. The number of rotatable bonds is 4. The van der Waals surface area contributed by atoms with Gasteiger partial charge in [0, 0.05) is 5.39 Å². The van der Waals surface area contributed by atoms with E-state index in [1.165, 1.54) is 5.56 Å². The molecule has 1 atom stereocenters. The normalized spacial score (nSPS) is 12.5. The van der Waals surface area contributed by atoms with E-state index in [1.54, 1.807) is 7.11 Å². The highest BCUT2D eigenvalue weighted by molar-refractivity contribution is 5.79. The molecule has 108 valence electrons. The predicted octanol–water partition coefficient (Wildman–Crippen LogP) is 3.30. The fourth-order valence-corrected chi connectivity index (χ4v) is 2.49. The lowest BCUT2D eigenvalue weighted by Crippen LogP contribution is -2.28. The monoisotopic (exact) mass is 282 g/mol. The molecule has 0 aliphatic heterocycles. The summed E-state index contributed by atoms with van der Waals surface area (Å²) >= 11 is 0. The van der Waals surface area contributed by atoms with Crippen LogP contribution >= 0.6 is 0 Å². The lowest BCUT2D eigenvalue weighted by Gasteiger charge is -2.14. The minimum atomic E-state index is -0.215. The average Bonchev–Trinajstić information content (AvgIpc) is 2.91. The molecule has 1 aromatic heterocycles. The molecule has 2 aromatic carbocycles. The fourth-order valence-electron chi connectivity index (χ4n) is 2.49. The maximum Gasteiger partial charge on any atom is 0.134 e. The highest BCUT2D eigenvalue weighted by Crippen LogP contribution is 2.29. The van der Waals surface area contributed by atoms with Crippen LogP contribution in [0.25, 0.3) is 11.0 Å². The Morgan fingerprint density at radius 2 is 2.00 bits per heavy atom. The molecule has 3 aromatic rings. The SMILES string of the molecule is COc1cccc(C(NN)c2cc3cc(C)ccc3o2)c1. The van der Waals surface area contributed by atoms with E-state index in [9.17, 15) is 0 Å². The van der Waals surface area contributed by atoms with Crippen LogP contribution in [0.4, 0.5) is 0 Å². The standard InChI is InChI=1S/C17H18N2O2/c1-11-6-7-15-13(8-11)10-16(21-15)17(19-18)12-4-3-5-14(9-12)20-2/h3-10,17,19H,18H2,1-2H3. The van der Waals surface area contributed by atoms with Crippen LogP contribution in [-0.4, -0.2) is 7.11 Å². The zero-order chi connectivity index (χ0) is 14.8. The molecule has 21 heavy (non-hydrogen) atoms. The number of nitrogens with two attached hydrogens (primary N) is 1. The third-order valence-electron chi connectivity index (χ3n) is 3.57. The lowest BCUT2D eigenvalue weighted by molar-refractivity contribution is 0.412. The summed E-state index contributed by atoms with van der Waals surface area (Å²) in [4.78, 5) is 0. The zero-order valence-corrected chi connectivity index (χ0v) is 12.1. The summed E-state index contributed by atoms with van der Waals surface area (Å²) in [5.41, 5.74) is 5.87. The Balaban J connectivity index is 2.04. The van der Waals surface area contributed by atoms with E-state index < -0.39 is 0 Å². The summed E-state index contributed by atoms with van der Waals surface area (Å²) in [7, 11) is 1.65. The van der Waals surface area contributed by atoms with Crippen molar-refractivity contribution in [1.29, 1.82) is 0 Å². The number of hydrazine groups is 1. The third kappa shape index (κ3) is 2.63. The number of benzene rings is 2. The Morgan fingerprint density at radius 1 is 1.14 bits per heavy atom. The molecule has 0 radical (unpaired) electrons. The van der Waals surface area contributed by atoms with Gasteiger partial charge in [-0.3, -0.25) is 5.84 Å². The maximum absolute atomic E-state index is 5.92. The summed E-state index contributed by atoms with van der Waals surface area (Å²) in [6.45, 7) is 2.06. The van der Waals surface area contributed by atoms with Gasteiger partial charge in [0.15, 0.2) is 0 Å². The second-order valence-electron chi connectivity index (χ2n) is 5.07. The second kappa shape index (κ2) is 5.60. The summed E-state index contributed by atoms with van der Waals surface area (Å²) in [5, 5.41) is 1.08. The summed E-state index contributed by atoms with van der Waals surface area (Å²) < 4.78 is 11.2. The molecule has 0 aliphatic rings. The third-order valence-corrected chi connectivity index (χ3v) is 3.57. The molecule has 3 rings (SSSR count). The van der Waals surface area contributed by atoms with Crippen LogP contribution < -0.4 is 16.0 Å². The molecule has 4 nitrogen and oxygen atoms in total. The number of aryl methyl sites for hydroxylation is 1. The number of furan rings is 1. The minimum Gasteiger partial charge on any atom is -0.497 e. The van der Waals surface area contributed by atoms with Crippen molar-refractivity contribution in [2.45, 2.75) is 13.0 Å². The van der Waals surface area contributed by atoms with Crippen LogP contribution in [0.3, 0.4) is 0 Å². The number of hydrogen-bond acceptors (Lipinski definition) is 4. The van der Waals surface area contributed by atoms with Crippen molar-refractivity contribution in [3.05, 3.63) is 65.4 Å². The average molecular weight is 282 g/mol. The second-order valence-corrected chi connectivity index (χ2v) is 5.07. The molecular formula is C17H18N2O2. The van der Waals surface area contributed by atoms with Crippen LogP contribution in [0.5, 0.6) is 5.75 Å². The van der Waals surface area contributed by atoms with Gasteiger partial charge in [-0.05, 0) is 42.8 Å². The summed E-state index contributed by atoms with van der Waals surface area (Å²) in [6.07, 6.45) is 0. The molecule has 3 N–H and O–H groups in total. The quantitative estimate of drug-likeness (QED) is 0.569. The molecule has 0 saturated heterocycles. The van der Waals surface area contributed by atoms with E-state index in [0.717, 1.165) is 28.0 Å². The van der Waals surface area contributed by atoms with Crippen LogP contribution in [0.2, 0.25) is 0 Å². The number of hydrogen-bond donors (Lipinski definition) is 2. The van der Waals surface area contributed by atoms with Crippen molar-refractivity contribution >= 4 is 11.0 Å². The van der Waals surface area contributed by atoms with Gasteiger partial charge in [0.2, 0.25) is 0 Å². The van der Waals surface area contributed by atoms with Gasteiger partial charge in [-0.25, -0.2) is 5.43 Å². The Hall–Kier alpha value is -2.30. The van der Waals surface area contributed by atoms with Crippen molar-refractivity contribution in [2.24, 2.45) is 5.84 Å². The van der Waals surface area contributed by atoms with E-state index in [2.05, 4.69) is 18.4 Å². The molecule has 0 fully saturated rings. The molecular weight excluding hydrogens is 264 g/mol. The first-order chi connectivity index (χ1) is 10.2. The predicted molar refractivity (Wildman–Crippen MR) is 83.1 cm³/mol. The first-order valence-electron chi connectivity index (χ1n) is 6.81. The number of methoxy groups -OCH3 is 1. The van der Waals surface area contributed by atoms with Crippen molar-refractivity contribution < 1.29 is 9.15 Å². The van der Waals surface area contributed by atoms with Crippen molar-refractivity contribution in [1.82, 2.24) is 5.43 Å². The fraction of sp³-hybridized carbons (Fsp3) is 0.176. The van der Waals surface area contributed by atoms with E-state index >= 15 is 0 Å². The van der Waals surface area contributed by atoms with Crippen LogP contribution in [0.15, 0.2) is 52.9 Å². The topological polar surface area (TPSA) is 60.4 Å². The first kappa shape index (κ1) is 13.7. The summed E-state index contributed by atoms with van der Waals surface area (Å²) in [6, 6.07) is 15.7. The van der Waals surface area contributed by atoms with Gasteiger partial charge in [0.05, 0.1) is 7.11 Å². The van der Waals surface area contributed by atoms with E-state index in [4.69, 9.17) is 15.0 Å². The van der Waals surface area contributed by atoms with E-state index in [0.29, 0.717) is 0 Å². The highest BCUT2D eigenvalue weighted by Gasteiger charge is 2.17. The number of nitrogens with one attached hydrogen (secondary N) is 1. The molecule has 0 spiro atoms. The van der Waals surface area contributed by atoms with Crippen LogP contribution in [0, 0.1) is 6.92 Å². The van der Waals surface area contributed by atoms with Gasteiger partial charge in [-0.15, -0.1) is 0 Å². The van der Waals surface area contributed by atoms with Crippen LogP contribution in [-0.2, 0) is 0 Å². The Kier molecular flexibility index (Phi) is 3.64. The lowest BCUT2D eigenvalue weighted by atomic mass is 10.0. The molecule has 0 aliphatic carbocycles. The van der Waals surface area contributed by atoms with E-state index in [1.807, 2.05) is 42.5 Å². The number of fused-ring (bicyclic) bond motifs is 1. The van der Waals surface area contributed by atoms with Crippen molar-refractivity contribution in [2.75, 3.05) is 7.11 Å². The molecule has 4 heteroatoms. The number of ether oxygens (including phenoxy) is 1. The Bertz CT molecular complexity index is 764. The molecule has 1 unspecified atom stereocenters. The Labute approximate surface area is 123 Å². The van der Waals surface area contributed by atoms with Gasteiger partial charge in [-0.2, -0.15) is 0 Å². The van der Waals surface area contributed by atoms with Gasteiger partial charge in [0.25, 0.3) is 0 Å². The van der Waals surface area contributed by atoms with Crippen molar-refractivity contribution in [3.8, 4) is 5.75 Å². The molecule has 0 saturated carbocycles. The van der Waals surface area contributed by atoms with Gasteiger partial charge >= 0.3 is 0 Å². The molecule has 1 heterocycles. The van der Waals surface area contributed by atoms with Crippen LogP contribution in [0.1, 0.15) is 22.9 Å². The molecule has 0 amide bonds. The molecule has 0 bridgehead atoms. The largest absolute Gasteiger partial charge is 0.497 e. The first-order valence-corrected chi connectivity index (χ1v) is 6.81. The van der Waals surface area contributed by atoms with Crippen molar-refractivity contribution in [3.63, 3.8) is 0 Å². The maximum atomic E-state index is 5.92. The van der Waals surface area contributed by atoms with E-state index in [-0.39, 0.29) is 6.04 Å². The van der Waals surface area contributed by atoms with Gasteiger partial charge in [-0.1, -0.05) is 23.8 Å². The Morgan fingerprint density at radius 3 is 2.76 bits per heavy atom. The van der Waals surface area contributed by atoms with Gasteiger partial charge in [0.1, 0.15) is 23.1 Å².